The molecule has 1 amide bonds. The fourth-order valence-corrected chi connectivity index (χ4v) is 3.43. The first-order chi connectivity index (χ1) is 13.6. The van der Waals surface area contributed by atoms with Crippen LogP contribution in [0.2, 0.25) is 0 Å². The second-order valence-electron chi connectivity index (χ2n) is 7.40. The number of benzene rings is 2. The number of para-hydroxylation sites is 1. The molecule has 29 heavy (non-hydrogen) atoms. The van der Waals surface area contributed by atoms with E-state index in [0.717, 1.165) is 0 Å². The molecule has 0 aliphatic rings. The van der Waals surface area contributed by atoms with E-state index in [0.29, 0.717) is 16.5 Å². The Bertz CT molecular complexity index is 1030. The van der Waals surface area contributed by atoms with E-state index in [1.807, 2.05) is 0 Å². The molecule has 0 aliphatic heterocycles. The van der Waals surface area contributed by atoms with Crippen LogP contribution >= 0.6 is 0 Å². The number of alkyl halides is 3. The summed E-state index contributed by atoms with van der Waals surface area (Å²) in [5.41, 5.74) is -0.148. The van der Waals surface area contributed by atoms with E-state index >= 15 is 0 Å². The van der Waals surface area contributed by atoms with Gasteiger partial charge in [-0.15, -0.1) is 0 Å². The lowest BCUT2D eigenvalue weighted by Gasteiger charge is -2.30. The predicted octanol–water partition coefficient (Wildman–Crippen LogP) is 5.82. The number of fused-ring (bicyclic) bond motifs is 1. The number of amides is 1. The summed E-state index contributed by atoms with van der Waals surface area (Å²) in [6, 6.07) is 13.0. The molecular formula is C22H20F4N2O. The second-order valence-corrected chi connectivity index (χ2v) is 7.40. The van der Waals surface area contributed by atoms with Gasteiger partial charge in [0.1, 0.15) is 11.3 Å². The predicted molar refractivity (Wildman–Crippen MR) is 104 cm³/mol. The van der Waals surface area contributed by atoms with Crippen LogP contribution in [-0.4, -0.2) is 17.1 Å². The molecule has 3 rings (SSSR count). The molecular weight excluding hydrogens is 384 g/mol. The zero-order chi connectivity index (χ0) is 21.2. The third-order valence-electron chi connectivity index (χ3n) is 4.94. The molecule has 2 aromatic carbocycles. The highest BCUT2D eigenvalue weighted by molar-refractivity contribution is 5.98. The highest BCUT2D eigenvalue weighted by Crippen LogP contribution is 2.38. The van der Waals surface area contributed by atoms with Gasteiger partial charge in [-0.2, -0.15) is 13.2 Å². The lowest BCUT2D eigenvalue weighted by atomic mass is 9.79. The van der Waals surface area contributed by atoms with Crippen molar-refractivity contribution in [1.82, 2.24) is 4.98 Å². The summed E-state index contributed by atoms with van der Waals surface area (Å²) < 4.78 is 53.7. The van der Waals surface area contributed by atoms with Crippen molar-refractivity contribution < 1.29 is 22.4 Å². The number of halogens is 4. The maximum atomic E-state index is 13.9. The standard InChI is InChI=1S/C22H20F4N2O/c1-14-16-9-6-10-17(23)19(16)27-12-18(14)28-20(29)21(2,13-22(24,25)26)11-15-7-4-3-5-8-15/h3-10,12H,11,13H2,1-2H3,(H,28,29). The van der Waals surface area contributed by atoms with Gasteiger partial charge in [0.05, 0.1) is 23.7 Å². The number of hydrogen-bond acceptors (Lipinski definition) is 2. The SMILES string of the molecule is Cc1c(NC(=O)C(C)(Cc2ccccc2)CC(F)(F)F)cnc2c(F)cccc12. The van der Waals surface area contributed by atoms with Gasteiger partial charge in [0.2, 0.25) is 5.91 Å². The van der Waals surface area contributed by atoms with Gasteiger partial charge in [0.15, 0.2) is 0 Å². The maximum absolute atomic E-state index is 13.9. The molecule has 3 aromatic rings. The Labute approximate surface area is 165 Å². The molecule has 152 valence electrons. The number of rotatable bonds is 5. The normalized spacial score (nSPS) is 13.9. The van der Waals surface area contributed by atoms with Crippen molar-refractivity contribution in [3.05, 3.63) is 71.7 Å². The van der Waals surface area contributed by atoms with Crippen LogP contribution in [0, 0.1) is 18.2 Å². The number of pyridine rings is 1. The number of carbonyl (C=O) groups is 1. The minimum absolute atomic E-state index is 0.0755. The Kier molecular flexibility index (Phi) is 5.59. The molecule has 1 N–H and O–H groups in total. The van der Waals surface area contributed by atoms with Gasteiger partial charge in [-0.05, 0) is 30.5 Å². The third-order valence-corrected chi connectivity index (χ3v) is 4.94. The van der Waals surface area contributed by atoms with Crippen LogP contribution in [0.5, 0.6) is 0 Å². The minimum Gasteiger partial charge on any atom is -0.324 e. The molecule has 0 saturated heterocycles. The average Bonchev–Trinajstić information content (AvgIpc) is 2.63. The molecule has 1 atom stereocenters. The van der Waals surface area contributed by atoms with Gasteiger partial charge in [0, 0.05) is 5.39 Å². The number of aromatic nitrogens is 1. The topological polar surface area (TPSA) is 42.0 Å². The molecule has 0 fully saturated rings. The first-order valence-corrected chi connectivity index (χ1v) is 9.05. The van der Waals surface area contributed by atoms with E-state index in [9.17, 15) is 22.4 Å². The van der Waals surface area contributed by atoms with Crippen LogP contribution in [0.1, 0.15) is 24.5 Å². The lowest BCUT2D eigenvalue weighted by molar-refractivity contribution is -0.164. The number of nitrogens with one attached hydrogen (secondary N) is 1. The van der Waals surface area contributed by atoms with Crippen LogP contribution in [0.3, 0.4) is 0 Å². The van der Waals surface area contributed by atoms with Gasteiger partial charge < -0.3 is 5.32 Å². The average molecular weight is 404 g/mol. The van der Waals surface area contributed by atoms with Crippen molar-refractivity contribution in [2.75, 3.05) is 5.32 Å². The van der Waals surface area contributed by atoms with Crippen molar-refractivity contribution in [3.8, 4) is 0 Å². The zero-order valence-electron chi connectivity index (χ0n) is 16.0. The van der Waals surface area contributed by atoms with Crippen molar-refractivity contribution in [2.24, 2.45) is 5.41 Å². The zero-order valence-corrected chi connectivity index (χ0v) is 16.0. The quantitative estimate of drug-likeness (QED) is 0.544. The lowest BCUT2D eigenvalue weighted by Crippen LogP contribution is -2.39. The molecule has 0 saturated carbocycles. The highest BCUT2D eigenvalue weighted by Gasteiger charge is 2.44. The molecule has 0 radical (unpaired) electrons. The molecule has 7 heteroatoms. The fourth-order valence-electron chi connectivity index (χ4n) is 3.43. The van der Waals surface area contributed by atoms with Crippen LogP contribution < -0.4 is 5.32 Å². The first kappa shape index (κ1) is 20.8. The van der Waals surface area contributed by atoms with Crippen LogP contribution in [0.15, 0.2) is 54.7 Å². The smallest absolute Gasteiger partial charge is 0.324 e. The summed E-state index contributed by atoms with van der Waals surface area (Å²) in [6.45, 7) is 2.96. The summed E-state index contributed by atoms with van der Waals surface area (Å²) in [4.78, 5) is 17.0. The van der Waals surface area contributed by atoms with E-state index in [1.54, 1.807) is 43.3 Å². The van der Waals surface area contributed by atoms with E-state index in [2.05, 4.69) is 10.3 Å². The number of hydrogen-bond donors (Lipinski definition) is 1. The summed E-state index contributed by atoms with van der Waals surface area (Å²) in [6.07, 6.45) is -4.58. The highest BCUT2D eigenvalue weighted by atomic mass is 19.4. The van der Waals surface area contributed by atoms with E-state index in [4.69, 9.17) is 0 Å². The van der Waals surface area contributed by atoms with Crippen molar-refractivity contribution in [1.29, 1.82) is 0 Å². The minimum atomic E-state index is -4.51. The largest absolute Gasteiger partial charge is 0.390 e. The van der Waals surface area contributed by atoms with Crippen LogP contribution in [0.4, 0.5) is 23.2 Å². The molecule has 0 bridgehead atoms. The number of nitrogens with zero attached hydrogens (tertiary/aromatic N) is 1. The Morgan fingerprint density at radius 1 is 1.07 bits per heavy atom. The summed E-state index contributed by atoms with van der Waals surface area (Å²) in [5.74, 6) is -1.27. The van der Waals surface area contributed by atoms with Crippen LogP contribution in [-0.2, 0) is 11.2 Å². The van der Waals surface area contributed by atoms with E-state index in [1.165, 1.54) is 25.3 Å². The molecule has 0 spiro atoms. The molecule has 0 aliphatic carbocycles. The van der Waals surface area contributed by atoms with Gasteiger partial charge >= 0.3 is 6.18 Å². The van der Waals surface area contributed by atoms with Gasteiger partial charge in [-0.1, -0.05) is 49.4 Å². The molecule has 1 heterocycles. The summed E-state index contributed by atoms with van der Waals surface area (Å²) in [7, 11) is 0. The second kappa shape index (κ2) is 7.81. The fraction of sp³-hybridized carbons (Fsp3) is 0.273. The number of carbonyl (C=O) groups excluding carboxylic acids is 1. The Hall–Kier alpha value is -2.96. The first-order valence-electron chi connectivity index (χ1n) is 9.05. The van der Waals surface area contributed by atoms with Gasteiger partial charge in [-0.3, -0.25) is 9.78 Å². The Balaban J connectivity index is 1.94. The molecule has 3 nitrogen and oxygen atoms in total. The van der Waals surface area contributed by atoms with Crippen molar-refractivity contribution in [3.63, 3.8) is 0 Å². The van der Waals surface area contributed by atoms with Gasteiger partial charge in [-0.25, -0.2) is 4.39 Å². The number of anilines is 1. The van der Waals surface area contributed by atoms with Gasteiger partial charge in [0.25, 0.3) is 0 Å². The molecule has 1 unspecified atom stereocenters. The summed E-state index contributed by atoms with van der Waals surface area (Å²) in [5, 5.41) is 3.07. The van der Waals surface area contributed by atoms with E-state index in [-0.39, 0.29) is 17.6 Å². The maximum Gasteiger partial charge on any atom is 0.390 e. The number of aryl methyl sites for hydroxylation is 1. The summed E-state index contributed by atoms with van der Waals surface area (Å²) >= 11 is 0. The Morgan fingerprint density at radius 2 is 1.76 bits per heavy atom. The van der Waals surface area contributed by atoms with E-state index < -0.39 is 29.7 Å². The molecule has 1 aromatic heterocycles. The Morgan fingerprint density at radius 3 is 2.41 bits per heavy atom. The van der Waals surface area contributed by atoms with Crippen LogP contribution in [0.25, 0.3) is 10.9 Å². The van der Waals surface area contributed by atoms with Crippen molar-refractivity contribution >= 4 is 22.5 Å². The monoisotopic (exact) mass is 404 g/mol. The van der Waals surface area contributed by atoms with Crippen molar-refractivity contribution in [2.45, 2.75) is 32.9 Å². The third kappa shape index (κ3) is 4.72.